The molecule has 2 aromatic rings. The van der Waals surface area contributed by atoms with Gasteiger partial charge in [-0.05, 0) is 18.6 Å². The number of carbonyl (C=O) groups is 1. The molecule has 7 heteroatoms. The lowest BCUT2D eigenvalue weighted by Crippen LogP contribution is -2.14. The number of rotatable bonds is 7. The Morgan fingerprint density at radius 1 is 1.45 bits per heavy atom. The summed E-state index contributed by atoms with van der Waals surface area (Å²) in [5.41, 5.74) is 0. The van der Waals surface area contributed by atoms with E-state index in [1.54, 1.807) is 0 Å². The summed E-state index contributed by atoms with van der Waals surface area (Å²) in [4.78, 5) is 15.1. The number of aromatic nitrogens is 3. The van der Waals surface area contributed by atoms with Gasteiger partial charge >= 0.3 is 5.97 Å². The maximum Gasteiger partial charge on any atom is 0.317 e. The van der Waals surface area contributed by atoms with E-state index in [2.05, 4.69) is 15.2 Å². The van der Waals surface area contributed by atoms with Crippen LogP contribution in [0.1, 0.15) is 19.2 Å². The third-order valence-electron chi connectivity index (χ3n) is 2.52. The molecule has 1 heterocycles. The molecule has 0 fully saturated rings. The Balaban J connectivity index is 1.90. The van der Waals surface area contributed by atoms with Gasteiger partial charge in [0.05, 0.1) is 0 Å². The number of para-hydroxylation sites is 1. The van der Waals surface area contributed by atoms with Crippen LogP contribution in [0.15, 0.2) is 35.5 Å². The van der Waals surface area contributed by atoms with Gasteiger partial charge in [0, 0.05) is 0 Å². The molecule has 1 aromatic heterocycles. The van der Waals surface area contributed by atoms with Crippen LogP contribution in [-0.4, -0.2) is 31.5 Å². The molecule has 1 atom stereocenters. The molecular formula is C13H15N3O3S. The Bertz CT molecular complexity index is 559. The number of H-pyrrole nitrogens is 1. The summed E-state index contributed by atoms with van der Waals surface area (Å²) in [6.45, 7) is 2.08. The largest absolute Gasteiger partial charge is 0.486 e. The predicted octanol–water partition coefficient (Wildman–Crippen LogP) is 2.34. The predicted molar refractivity (Wildman–Crippen MR) is 74.7 cm³/mol. The van der Waals surface area contributed by atoms with E-state index in [9.17, 15) is 4.79 Å². The van der Waals surface area contributed by atoms with Crippen LogP contribution < -0.4 is 4.74 Å². The minimum Gasteiger partial charge on any atom is -0.486 e. The van der Waals surface area contributed by atoms with E-state index < -0.39 is 11.2 Å². The maximum absolute atomic E-state index is 10.9. The maximum atomic E-state index is 10.9. The average molecular weight is 293 g/mol. The molecule has 20 heavy (non-hydrogen) atoms. The summed E-state index contributed by atoms with van der Waals surface area (Å²) in [6, 6.07) is 9.38. The number of carboxylic acid groups (broad SMARTS) is 1. The van der Waals surface area contributed by atoms with Crippen LogP contribution in [0.25, 0.3) is 0 Å². The molecular weight excluding hydrogens is 278 g/mol. The standard InChI is InChI=1S/C13H15N3O3S/c1-2-10(12(17)18)20-13-14-11(15-16-13)8-19-9-6-4-3-5-7-9/h3-7,10H,2,8H2,1H3,(H,17,18)(H,14,15,16)/t10-/m1/s1. The number of aliphatic carboxylic acids is 1. The molecule has 2 N–H and O–H groups in total. The first kappa shape index (κ1) is 14.4. The summed E-state index contributed by atoms with van der Waals surface area (Å²) in [6.07, 6.45) is 0.518. The van der Waals surface area contributed by atoms with Crippen LogP contribution >= 0.6 is 11.8 Å². The number of hydrogen-bond donors (Lipinski definition) is 2. The zero-order valence-electron chi connectivity index (χ0n) is 10.9. The lowest BCUT2D eigenvalue weighted by atomic mass is 10.3. The minimum atomic E-state index is -0.857. The second-order valence-corrected chi connectivity index (χ2v) is 5.19. The van der Waals surface area contributed by atoms with Gasteiger partial charge in [-0.2, -0.15) is 0 Å². The van der Waals surface area contributed by atoms with Gasteiger partial charge in [0.1, 0.15) is 17.6 Å². The number of ether oxygens (including phenoxy) is 1. The Kier molecular flexibility index (Phi) is 5.00. The Labute approximate surface area is 120 Å². The van der Waals surface area contributed by atoms with Crippen molar-refractivity contribution in [2.45, 2.75) is 30.4 Å². The van der Waals surface area contributed by atoms with Gasteiger partial charge in [0.2, 0.25) is 5.16 Å². The molecule has 0 aliphatic heterocycles. The number of benzene rings is 1. The number of thioether (sulfide) groups is 1. The van der Waals surface area contributed by atoms with Crippen molar-refractivity contribution >= 4 is 17.7 Å². The first-order valence-electron chi connectivity index (χ1n) is 6.17. The SMILES string of the molecule is CC[C@@H](Sc1n[nH]c(COc2ccccc2)n1)C(=O)O. The van der Waals surface area contributed by atoms with Crippen LogP contribution in [0.3, 0.4) is 0 Å². The fourth-order valence-electron chi connectivity index (χ4n) is 1.50. The minimum absolute atomic E-state index is 0.265. The summed E-state index contributed by atoms with van der Waals surface area (Å²) in [7, 11) is 0. The fourth-order valence-corrected chi connectivity index (χ4v) is 2.28. The average Bonchev–Trinajstić information content (AvgIpc) is 2.91. The molecule has 0 bridgehead atoms. The number of carboxylic acids is 1. The van der Waals surface area contributed by atoms with E-state index in [0.717, 1.165) is 17.5 Å². The normalized spacial score (nSPS) is 12.1. The van der Waals surface area contributed by atoms with E-state index in [1.807, 2.05) is 37.3 Å². The van der Waals surface area contributed by atoms with Crippen LogP contribution in [-0.2, 0) is 11.4 Å². The highest BCUT2D eigenvalue weighted by atomic mass is 32.2. The van der Waals surface area contributed by atoms with Gasteiger partial charge in [-0.1, -0.05) is 36.9 Å². The highest BCUT2D eigenvalue weighted by molar-refractivity contribution is 8.00. The molecule has 0 saturated heterocycles. The van der Waals surface area contributed by atoms with Gasteiger partial charge in [-0.3, -0.25) is 9.89 Å². The summed E-state index contributed by atoms with van der Waals surface area (Å²) in [5, 5.41) is 15.6. The second-order valence-electron chi connectivity index (χ2n) is 4.02. The molecule has 0 aliphatic rings. The van der Waals surface area contributed by atoms with Crippen molar-refractivity contribution in [1.29, 1.82) is 0 Å². The topological polar surface area (TPSA) is 88.1 Å². The van der Waals surface area contributed by atoms with E-state index in [4.69, 9.17) is 9.84 Å². The number of nitrogens with one attached hydrogen (secondary N) is 1. The zero-order chi connectivity index (χ0) is 14.4. The monoisotopic (exact) mass is 293 g/mol. The Morgan fingerprint density at radius 3 is 2.85 bits per heavy atom. The van der Waals surface area contributed by atoms with Crippen molar-refractivity contribution in [1.82, 2.24) is 15.2 Å². The lowest BCUT2D eigenvalue weighted by molar-refractivity contribution is -0.136. The molecule has 0 saturated carbocycles. The third-order valence-corrected chi connectivity index (χ3v) is 3.74. The van der Waals surface area contributed by atoms with Crippen molar-refractivity contribution in [3.8, 4) is 5.75 Å². The third kappa shape index (κ3) is 3.99. The lowest BCUT2D eigenvalue weighted by Gasteiger charge is -2.05. The van der Waals surface area contributed by atoms with Crippen molar-refractivity contribution in [2.75, 3.05) is 0 Å². The molecule has 6 nitrogen and oxygen atoms in total. The summed E-state index contributed by atoms with van der Waals surface area (Å²) in [5.74, 6) is 0.455. The highest BCUT2D eigenvalue weighted by Crippen LogP contribution is 2.22. The van der Waals surface area contributed by atoms with Gasteiger partial charge in [-0.15, -0.1) is 5.10 Å². The van der Waals surface area contributed by atoms with Gasteiger partial charge < -0.3 is 9.84 Å². The van der Waals surface area contributed by atoms with Crippen molar-refractivity contribution in [3.05, 3.63) is 36.2 Å². The molecule has 106 valence electrons. The van der Waals surface area contributed by atoms with Crippen LogP contribution in [0.5, 0.6) is 5.75 Å². The van der Waals surface area contributed by atoms with E-state index >= 15 is 0 Å². The Hall–Kier alpha value is -2.02. The van der Waals surface area contributed by atoms with Crippen molar-refractivity contribution in [3.63, 3.8) is 0 Å². The smallest absolute Gasteiger partial charge is 0.317 e. The number of aromatic amines is 1. The first-order chi connectivity index (χ1) is 9.69. The zero-order valence-corrected chi connectivity index (χ0v) is 11.8. The Morgan fingerprint density at radius 2 is 2.20 bits per heavy atom. The molecule has 0 spiro atoms. The van der Waals surface area contributed by atoms with Crippen molar-refractivity contribution in [2.24, 2.45) is 0 Å². The molecule has 0 amide bonds. The molecule has 1 aromatic carbocycles. The van der Waals surface area contributed by atoms with Crippen LogP contribution in [0.2, 0.25) is 0 Å². The van der Waals surface area contributed by atoms with Crippen LogP contribution in [0, 0.1) is 0 Å². The van der Waals surface area contributed by atoms with Crippen molar-refractivity contribution < 1.29 is 14.6 Å². The van der Waals surface area contributed by atoms with E-state index in [1.165, 1.54) is 0 Å². The van der Waals surface area contributed by atoms with Gasteiger partial charge in [0.25, 0.3) is 0 Å². The second kappa shape index (κ2) is 6.95. The number of nitrogens with zero attached hydrogens (tertiary/aromatic N) is 2. The molecule has 2 rings (SSSR count). The summed E-state index contributed by atoms with van der Waals surface area (Å²) < 4.78 is 5.52. The molecule has 0 aliphatic carbocycles. The fraction of sp³-hybridized carbons (Fsp3) is 0.308. The van der Waals surface area contributed by atoms with Gasteiger partial charge in [-0.25, -0.2) is 4.98 Å². The van der Waals surface area contributed by atoms with E-state index in [0.29, 0.717) is 17.4 Å². The summed E-state index contributed by atoms with van der Waals surface area (Å²) >= 11 is 1.13. The molecule has 0 unspecified atom stereocenters. The van der Waals surface area contributed by atoms with E-state index in [-0.39, 0.29) is 6.61 Å². The van der Waals surface area contributed by atoms with Gasteiger partial charge in [0.15, 0.2) is 5.82 Å². The first-order valence-corrected chi connectivity index (χ1v) is 7.05. The highest BCUT2D eigenvalue weighted by Gasteiger charge is 2.19. The molecule has 0 radical (unpaired) electrons. The van der Waals surface area contributed by atoms with Crippen LogP contribution in [0.4, 0.5) is 0 Å². The number of hydrogen-bond acceptors (Lipinski definition) is 5. The quantitative estimate of drug-likeness (QED) is 0.762.